The number of aromatic amines is 1. The van der Waals surface area contributed by atoms with Crippen LogP contribution in [0.5, 0.6) is 0 Å². The third-order valence-electron chi connectivity index (χ3n) is 7.05. The Bertz CT molecular complexity index is 1490. The number of hydrogen-bond acceptors (Lipinski definition) is 6. The molecular weight excluding hydrogens is 545 g/mol. The lowest BCUT2D eigenvalue weighted by Crippen LogP contribution is -2.58. The number of benzene rings is 1. The Labute approximate surface area is 245 Å². The van der Waals surface area contributed by atoms with E-state index in [2.05, 4.69) is 78.2 Å². The largest absolute Gasteiger partial charge is 0.338 e. The first-order valence-electron chi connectivity index (χ1n) is 13.3. The molecular formula is C30H39ClFN7O2. The van der Waals surface area contributed by atoms with Crippen LogP contribution in [0.15, 0.2) is 42.7 Å². The Hall–Kier alpha value is -3.63. The SMILES string of the molecule is CC(C)(C)c1cc(-c2ccc(F)cc2)nn2cc(C=O)nc12.CCl.Cc1ncc(C(=O)N2CCN(C)C(C)(C)C2)[nH]1. The van der Waals surface area contributed by atoms with Crippen LogP contribution in [0.3, 0.4) is 0 Å². The molecule has 3 aromatic heterocycles. The molecule has 4 aromatic rings. The number of alkyl halides is 1. The number of carbonyl (C=O) groups excluding carboxylic acids is 2. The van der Waals surface area contributed by atoms with Crippen molar-refractivity contribution in [1.82, 2.24) is 34.4 Å². The highest BCUT2D eigenvalue weighted by atomic mass is 35.5. The summed E-state index contributed by atoms with van der Waals surface area (Å²) in [5.41, 5.74) is 3.97. The standard InChI is InChI=1S/C17H16FN3O.C12H20N4O.CH3Cl/c1-17(2,3)14-8-15(11-4-6-12(18)7-5-11)20-21-9-13(10-22)19-16(14)21;1-9-13-7-10(14-9)11(17)16-6-5-15(4)12(2,3)8-16;1-2/h4-10H,1-3H3;7H,5-6,8H2,1-4H3,(H,13,14);1H3. The number of fused-ring (bicyclic) bond motifs is 1. The summed E-state index contributed by atoms with van der Waals surface area (Å²) >= 11 is 4.64. The van der Waals surface area contributed by atoms with Gasteiger partial charge in [0.05, 0.1) is 18.1 Å². The summed E-state index contributed by atoms with van der Waals surface area (Å²) in [7, 11) is 2.10. The van der Waals surface area contributed by atoms with E-state index in [0.29, 0.717) is 29.0 Å². The van der Waals surface area contributed by atoms with E-state index in [1.54, 1.807) is 29.0 Å². The maximum absolute atomic E-state index is 13.1. The molecule has 4 heterocycles. The van der Waals surface area contributed by atoms with Gasteiger partial charge in [-0.15, -0.1) is 11.6 Å². The summed E-state index contributed by atoms with van der Waals surface area (Å²) in [5, 5.41) is 4.49. The van der Waals surface area contributed by atoms with E-state index >= 15 is 0 Å². The van der Waals surface area contributed by atoms with Crippen LogP contribution in [0, 0.1) is 12.7 Å². The van der Waals surface area contributed by atoms with Crippen molar-refractivity contribution in [2.45, 2.75) is 52.5 Å². The normalized spacial score (nSPS) is 15.0. The van der Waals surface area contributed by atoms with Crippen LogP contribution in [-0.4, -0.2) is 85.2 Å². The van der Waals surface area contributed by atoms with E-state index < -0.39 is 0 Å². The highest BCUT2D eigenvalue weighted by Gasteiger charge is 2.34. The van der Waals surface area contributed by atoms with Gasteiger partial charge in [0.25, 0.3) is 5.91 Å². The Morgan fingerprint density at radius 3 is 2.34 bits per heavy atom. The third-order valence-corrected chi connectivity index (χ3v) is 7.05. The van der Waals surface area contributed by atoms with Crippen molar-refractivity contribution >= 4 is 29.4 Å². The van der Waals surface area contributed by atoms with Gasteiger partial charge in [0.2, 0.25) is 0 Å². The van der Waals surface area contributed by atoms with E-state index in [0.717, 1.165) is 36.6 Å². The molecule has 1 aliphatic rings. The molecule has 220 valence electrons. The molecule has 0 radical (unpaired) electrons. The van der Waals surface area contributed by atoms with Crippen LogP contribution in [0.1, 0.15) is 67.0 Å². The lowest BCUT2D eigenvalue weighted by atomic mass is 9.87. The fourth-order valence-electron chi connectivity index (χ4n) is 4.48. The molecule has 1 aromatic carbocycles. The summed E-state index contributed by atoms with van der Waals surface area (Å²) in [4.78, 5) is 38.8. The molecule has 1 saturated heterocycles. The van der Waals surface area contributed by atoms with Gasteiger partial charge in [-0.1, -0.05) is 20.8 Å². The number of H-pyrrole nitrogens is 1. The number of carbonyl (C=O) groups is 2. The van der Waals surface area contributed by atoms with Crippen molar-refractivity contribution in [3.63, 3.8) is 0 Å². The zero-order chi connectivity index (χ0) is 30.5. The summed E-state index contributed by atoms with van der Waals surface area (Å²) in [6, 6.07) is 8.14. The minimum atomic E-state index is -0.285. The number of hydrogen-bond donors (Lipinski definition) is 1. The van der Waals surface area contributed by atoms with E-state index in [9.17, 15) is 14.0 Å². The molecule has 11 heteroatoms. The quantitative estimate of drug-likeness (QED) is 0.257. The van der Waals surface area contributed by atoms with Crippen LogP contribution in [0.4, 0.5) is 4.39 Å². The Kier molecular flexibility index (Phi) is 10.0. The summed E-state index contributed by atoms with van der Waals surface area (Å²) in [6.45, 7) is 14.8. The molecule has 9 nitrogen and oxygen atoms in total. The number of nitrogens with one attached hydrogen (secondary N) is 1. The number of rotatable bonds is 3. The van der Waals surface area contributed by atoms with Crippen molar-refractivity contribution in [1.29, 1.82) is 0 Å². The van der Waals surface area contributed by atoms with E-state index in [-0.39, 0.29) is 22.7 Å². The number of piperazine rings is 1. The lowest BCUT2D eigenvalue weighted by molar-refractivity contribution is 0.0307. The van der Waals surface area contributed by atoms with Gasteiger partial charge in [-0.05, 0) is 63.6 Å². The number of likely N-dealkylation sites (N-methyl/N-ethyl adjacent to an activating group) is 1. The average molecular weight is 584 g/mol. The summed E-state index contributed by atoms with van der Waals surface area (Å²) in [6.07, 6.45) is 5.40. The van der Waals surface area contributed by atoms with Gasteiger partial charge in [0.15, 0.2) is 11.9 Å². The first-order valence-corrected chi connectivity index (χ1v) is 14.1. The molecule has 1 amide bonds. The smallest absolute Gasteiger partial charge is 0.272 e. The lowest BCUT2D eigenvalue weighted by Gasteiger charge is -2.45. The highest BCUT2D eigenvalue weighted by Crippen LogP contribution is 2.29. The maximum atomic E-state index is 13.1. The number of halogens is 2. The maximum Gasteiger partial charge on any atom is 0.272 e. The highest BCUT2D eigenvalue weighted by molar-refractivity contribution is 6.15. The van der Waals surface area contributed by atoms with E-state index in [4.69, 9.17) is 0 Å². The first kappa shape index (κ1) is 31.9. The van der Waals surface area contributed by atoms with E-state index in [1.807, 2.05) is 17.9 Å². The van der Waals surface area contributed by atoms with Crippen LogP contribution >= 0.6 is 11.6 Å². The molecule has 1 fully saturated rings. The Balaban J connectivity index is 0.000000219. The number of aryl methyl sites for hydroxylation is 1. The van der Waals surface area contributed by atoms with Crippen LogP contribution in [-0.2, 0) is 5.41 Å². The summed E-state index contributed by atoms with van der Waals surface area (Å²) in [5.74, 6) is 0.542. The zero-order valence-electron chi connectivity index (χ0n) is 25.0. The van der Waals surface area contributed by atoms with Gasteiger partial charge in [-0.25, -0.2) is 18.9 Å². The minimum Gasteiger partial charge on any atom is -0.338 e. The Morgan fingerprint density at radius 1 is 1.15 bits per heavy atom. The molecule has 0 atom stereocenters. The van der Waals surface area contributed by atoms with Crippen LogP contribution < -0.4 is 0 Å². The summed E-state index contributed by atoms with van der Waals surface area (Å²) < 4.78 is 14.7. The van der Waals surface area contributed by atoms with Crippen molar-refractivity contribution in [2.75, 3.05) is 33.1 Å². The predicted octanol–water partition coefficient (Wildman–Crippen LogP) is 5.38. The number of imidazole rings is 2. The van der Waals surface area contributed by atoms with Crippen molar-refractivity contribution in [2.24, 2.45) is 0 Å². The van der Waals surface area contributed by atoms with Gasteiger partial charge in [-0.2, -0.15) is 5.10 Å². The number of aromatic nitrogens is 5. The van der Waals surface area contributed by atoms with Gasteiger partial charge in [0.1, 0.15) is 23.0 Å². The van der Waals surface area contributed by atoms with Gasteiger partial charge in [-0.3, -0.25) is 14.5 Å². The second-order valence-corrected chi connectivity index (χ2v) is 11.6. The van der Waals surface area contributed by atoms with Gasteiger partial charge in [0, 0.05) is 42.7 Å². The molecule has 1 N–H and O–H groups in total. The second-order valence-electron chi connectivity index (χ2n) is 11.6. The van der Waals surface area contributed by atoms with Crippen molar-refractivity contribution in [3.8, 4) is 11.3 Å². The zero-order valence-corrected chi connectivity index (χ0v) is 25.8. The number of amides is 1. The predicted molar refractivity (Wildman–Crippen MR) is 160 cm³/mol. The Morgan fingerprint density at radius 2 is 1.80 bits per heavy atom. The number of aldehydes is 1. The average Bonchev–Trinajstić information content (AvgIpc) is 3.56. The van der Waals surface area contributed by atoms with E-state index in [1.165, 1.54) is 18.5 Å². The second kappa shape index (κ2) is 12.9. The van der Waals surface area contributed by atoms with Crippen molar-refractivity contribution in [3.05, 3.63) is 71.3 Å². The fraction of sp³-hybridized carbons (Fsp3) is 0.433. The molecule has 0 bridgehead atoms. The van der Waals surface area contributed by atoms with Crippen molar-refractivity contribution < 1.29 is 14.0 Å². The minimum absolute atomic E-state index is 0.0307. The molecule has 0 unspecified atom stereocenters. The molecule has 5 rings (SSSR count). The topological polar surface area (TPSA) is 99.5 Å². The molecule has 1 aliphatic heterocycles. The molecule has 0 spiro atoms. The van der Waals surface area contributed by atoms with Gasteiger partial charge >= 0.3 is 0 Å². The fourth-order valence-corrected chi connectivity index (χ4v) is 4.48. The monoisotopic (exact) mass is 583 g/mol. The van der Waals surface area contributed by atoms with Gasteiger partial charge < -0.3 is 9.88 Å². The van der Waals surface area contributed by atoms with Crippen LogP contribution in [0.2, 0.25) is 0 Å². The van der Waals surface area contributed by atoms with Crippen LogP contribution in [0.25, 0.3) is 16.9 Å². The number of nitrogens with zero attached hydrogens (tertiary/aromatic N) is 6. The first-order chi connectivity index (χ1) is 19.3. The molecule has 41 heavy (non-hydrogen) atoms. The third kappa shape index (κ3) is 7.56. The molecule has 0 aliphatic carbocycles. The molecule has 0 saturated carbocycles.